The average molecular weight is 338 g/mol. The summed E-state index contributed by atoms with van der Waals surface area (Å²) in [6.07, 6.45) is 1.66. The number of fused-ring (bicyclic) bond motifs is 1. The fraction of sp³-hybridized carbons (Fsp3) is 0.111. The highest BCUT2D eigenvalue weighted by molar-refractivity contribution is 5.97. The summed E-state index contributed by atoms with van der Waals surface area (Å²) in [7, 11) is 0. The Morgan fingerprint density at radius 1 is 1.08 bits per heavy atom. The quantitative estimate of drug-likeness (QED) is 0.738. The molecule has 0 aliphatic heterocycles. The van der Waals surface area contributed by atoms with Gasteiger partial charge >= 0.3 is 0 Å². The number of nitrogens with one attached hydrogen (secondary N) is 1. The molecule has 25 heavy (non-hydrogen) atoms. The maximum absolute atomic E-state index is 12.9. The number of nitrogens with zero attached hydrogens (tertiary/aromatic N) is 2. The average Bonchev–Trinajstić information content (AvgIpc) is 2.61. The van der Waals surface area contributed by atoms with Crippen molar-refractivity contribution in [3.05, 3.63) is 71.8 Å². The van der Waals surface area contributed by atoms with Gasteiger partial charge < -0.3 is 11.1 Å². The smallest absolute Gasteiger partial charge is 0.251 e. The summed E-state index contributed by atoms with van der Waals surface area (Å²) in [5.74, 6) is -1.66. The third-order valence-electron chi connectivity index (χ3n) is 3.67. The van der Waals surface area contributed by atoms with Crippen LogP contribution in [0.15, 0.2) is 54.7 Å². The molecule has 0 spiro atoms. The summed E-state index contributed by atoms with van der Waals surface area (Å²) >= 11 is 0. The summed E-state index contributed by atoms with van der Waals surface area (Å²) in [6, 6.07) is 11.4. The minimum absolute atomic E-state index is 0.111. The third-order valence-corrected chi connectivity index (χ3v) is 3.67. The van der Waals surface area contributed by atoms with E-state index in [0.29, 0.717) is 11.2 Å². The van der Waals surface area contributed by atoms with Crippen LogP contribution in [0.3, 0.4) is 0 Å². The van der Waals surface area contributed by atoms with Gasteiger partial charge in [0.15, 0.2) is 0 Å². The van der Waals surface area contributed by atoms with Crippen molar-refractivity contribution in [1.82, 2.24) is 15.3 Å². The summed E-state index contributed by atoms with van der Waals surface area (Å²) in [4.78, 5) is 32.6. The molecule has 0 bridgehead atoms. The number of para-hydroxylation sites is 2. The zero-order valence-corrected chi connectivity index (χ0v) is 13.1. The molecule has 0 aliphatic rings. The van der Waals surface area contributed by atoms with Crippen molar-refractivity contribution in [3.8, 4) is 0 Å². The number of amides is 2. The van der Waals surface area contributed by atoms with Crippen LogP contribution in [-0.2, 0) is 11.2 Å². The molecule has 0 saturated carbocycles. The van der Waals surface area contributed by atoms with Gasteiger partial charge in [-0.2, -0.15) is 0 Å². The highest BCUT2D eigenvalue weighted by Gasteiger charge is 2.20. The molecule has 1 aromatic heterocycles. The number of benzene rings is 2. The Kier molecular flexibility index (Phi) is 4.65. The first-order chi connectivity index (χ1) is 12.0. The van der Waals surface area contributed by atoms with Gasteiger partial charge in [-0.25, -0.2) is 9.37 Å². The van der Waals surface area contributed by atoms with Gasteiger partial charge in [0.2, 0.25) is 5.91 Å². The third kappa shape index (κ3) is 3.95. The van der Waals surface area contributed by atoms with Gasteiger partial charge in [-0.05, 0) is 36.4 Å². The van der Waals surface area contributed by atoms with Crippen LogP contribution in [0, 0.1) is 5.82 Å². The van der Waals surface area contributed by atoms with E-state index in [1.807, 2.05) is 24.3 Å². The fourth-order valence-electron chi connectivity index (χ4n) is 2.37. The number of hydrogen-bond donors (Lipinski definition) is 2. The number of halogens is 1. The normalized spacial score (nSPS) is 11.9. The molecule has 2 aromatic carbocycles. The van der Waals surface area contributed by atoms with Crippen molar-refractivity contribution in [2.24, 2.45) is 5.73 Å². The van der Waals surface area contributed by atoms with E-state index >= 15 is 0 Å². The molecule has 3 rings (SSSR count). The van der Waals surface area contributed by atoms with E-state index in [2.05, 4.69) is 15.3 Å². The standard InChI is InChI=1S/C18H15FN4O2/c19-12-7-5-11(6-8-12)18(25)23-16(17(20)24)9-13-10-21-14-3-1-2-4-15(14)22-13/h1-8,10,16H,9H2,(H2,20,24)(H,23,25)/t16-/m0/s1. The molecule has 3 aromatic rings. The summed E-state index contributed by atoms with van der Waals surface area (Å²) in [5, 5.41) is 2.55. The van der Waals surface area contributed by atoms with E-state index in [4.69, 9.17) is 5.73 Å². The second-order valence-electron chi connectivity index (χ2n) is 5.49. The Morgan fingerprint density at radius 3 is 2.44 bits per heavy atom. The molecule has 0 radical (unpaired) electrons. The molecular weight excluding hydrogens is 323 g/mol. The highest BCUT2D eigenvalue weighted by Crippen LogP contribution is 2.10. The van der Waals surface area contributed by atoms with Gasteiger partial charge in [0.05, 0.1) is 16.7 Å². The van der Waals surface area contributed by atoms with Crippen molar-refractivity contribution < 1.29 is 14.0 Å². The molecule has 1 heterocycles. The molecule has 2 amide bonds. The number of hydrogen-bond acceptors (Lipinski definition) is 4. The molecule has 6 nitrogen and oxygen atoms in total. The summed E-state index contributed by atoms with van der Waals surface area (Å²) < 4.78 is 12.9. The molecule has 7 heteroatoms. The molecular formula is C18H15FN4O2. The number of carbonyl (C=O) groups excluding carboxylic acids is 2. The molecule has 3 N–H and O–H groups in total. The van der Waals surface area contributed by atoms with E-state index in [0.717, 1.165) is 5.52 Å². The first-order valence-electron chi connectivity index (χ1n) is 7.59. The molecule has 0 aliphatic carbocycles. The lowest BCUT2D eigenvalue weighted by Gasteiger charge is -2.15. The zero-order valence-electron chi connectivity index (χ0n) is 13.1. The predicted molar refractivity (Wildman–Crippen MR) is 90.1 cm³/mol. The minimum atomic E-state index is -0.951. The zero-order chi connectivity index (χ0) is 17.8. The van der Waals surface area contributed by atoms with Crippen LogP contribution in [0.4, 0.5) is 4.39 Å². The van der Waals surface area contributed by atoms with Crippen LogP contribution in [-0.4, -0.2) is 27.8 Å². The van der Waals surface area contributed by atoms with Crippen LogP contribution < -0.4 is 11.1 Å². The Hall–Kier alpha value is -3.35. The van der Waals surface area contributed by atoms with Gasteiger partial charge in [-0.15, -0.1) is 0 Å². The van der Waals surface area contributed by atoms with Crippen molar-refractivity contribution >= 4 is 22.8 Å². The van der Waals surface area contributed by atoms with Gasteiger partial charge in [0.1, 0.15) is 11.9 Å². The van der Waals surface area contributed by atoms with Gasteiger partial charge in [-0.3, -0.25) is 14.6 Å². The van der Waals surface area contributed by atoms with E-state index in [1.54, 1.807) is 6.20 Å². The van der Waals surface area contributed by atoms with E-state index < -0.39 is 23.7 Å². The fourth-order valence-corrected chi connectivity index (χ4v) is 2.37. The van der Waals surface area contributed by atoms with E-state index in [1.165, 1.54) is 24.3 Å². The molecule has 1 atom stereocenters. The van der Waals surface area contributed by atoms with Crippen LogP contribution in [0.2, 0.25) is 0 Å². The van der Waals surface area contributed by atoms with Crippen LogP contribution in [0.5, 0.6) is 0 Å². The van der Waals surface area contributed by atoms with Gasteiger partial charge in [0, 0.05) is 18.2 Å². The Bertz CT molecular complexity index is 928. The second-order valence-corrected chi connectivity index (χ2v) is 5.49. The van der Waals surface area contributed by atoms with Crippen molar-refractivity contribution in [2.75, 3.05) is 0 Å². The Balaban J connectivity index is 1.77. The molecule has 0 unspecified atom stereocenters. The van der Waals surface area contributed by atoms with E-state index in [-0.39, 0.29) is 12.0 Å². The lowest BCUT2D eigenvalue weighted by molar-refractivity contribution is -0.119. The highest BCUT2D eigenvalue weighted by atomic mass is 19.1. The topological polar surface area (TPSA) is 98.0 Å². The maximum Gasteiger partial charge on any atom is 0.251 e. The van der Waals surface area contributed by atoms with Crippen LogP contribution in [0.1, 0.15) is 16.1 Å². The lowest BCUT2D eigenvalue weighted by atomic mass is 10.1. The van der Waals surface area contributed by atoms with Gasteiger partial charge in [-0.1, -0.05) is 12.1 Å². The summed E-state index contributed by atoms with van der Waals surface area (Å²) in [5.41, 5.74) is 7.57. The number of aromatic nitrogens is 2. The van der Waals surface area contributed by atoms with Crippen molar-refractivity contribution in [1.29, 1.82) is 0 Å². The monoisotopic (exact) mass is 338 g/mol. The van der Waals surface area contributed by atoms with Gasteiger partial charge in [0.25, 0.3) is 5.91 Å². The van der Waals surface area contributed by atoms with Crippen molar-refractivity contribution in [2.45, 2.75) is 12.5 Å². The largest absolute Gasteiger partial charge is 0.368 e. The lowest BCUT2D eigenvalue weighted by Crippen LogP contribution is -2.46. The molecule has 0 saturated heterocycles. The first kappa shape index (κ1) is 16.5. The minimum Gasteiger partial charge on any atom is -0.368 e. The second kappa shape index (κ2) is 7.04. The number of rotatable bonds is 5. The van der Waals surface area contributed by atoms with Crippen molar-refractivity contribution in [3.63, 3.8) is 0 Å². The predicted octanol–water partition coefficient (Wildman–Crippen LogP) is 1.60. The molecule has 0 fully saturated rings. The van der Waals surface area contributed by atoms with Crippen LogP contribution in [0.25, 0.3) is 11.0 Å². The number of primary amides is 1. The Labute approximate surface area is 142 Å². The van der Waals surface area contributed by atoms with Crippen LogP contribution >= 0.6 is 0 Å². The number of carbonyl (C=O) groups is 2. The van der Waals surface area contributed by atoms with E-state index in [9.17, 15) is 14.0 Å². The summed E-state index contributed by atoms with van der Waals surface area (Å²) in [6.45, 7) is 0. The number of nitrogens with two attached hydrogens (primary N) is 1. The first-order valence-corrected chi connectivity index (χ1v) is 7.59. The Morgan fingerprint density at radius 2 is 1.76 bits per heavy atom. The maximum atomic E-state index is 12.9. The SMILES string of the molecule is NC(=O)[C@H](Cc1cnc2ccccc2n1)NC(=O)c1ccc(F)cc1. The molecule has 126 valence electrons.